The second kappa shape index (κ2) is 7.47. The van der Waals surface area contributed by atoms with E-state index in [9.17, 15) is 18.0 Å². The van der Waals surface area contributed by atoms with Crippen LogP contribution in [0.15, 0.2) is 42.9 Å². The van der Waals surface area contributed by atoms with E-state index in [1.54, 1.807) is 18.3 Å². The van der Waals surface area contributed by atoms with Crippen LogP contribution in [0, 0.1) is 5.92 Å². The zero-order valence-corrected chi connectivity index (χ0v) is 15.7. The van der Waals surface area contributed by atoms with Gasteiger partial charge in [0.05, 0.1) is 22.6 Å². The molecule has 1 saturated carbocycles. The normalized spacial score (nSPS) is 14.1. The number of pyridine rings is 2. The molecule has 0 bridgehead atoms. The molecule has 29 heavy (non-hydrogen) atoms. The minimum atomic E-state index is -4.74. The SMILES string of the molecule is O=C(Nc1cc(Cl)cnc1C(F)(F)F)c1cccc(-c2cnn(CC3CC3)c2)n1. The van der Waals surface area contributed by atoms with E-state index in [0.29, 0.717) is 11.6 Å². The summed E-state index contributed by atoms with van der Waals surface area (Å²) in [4.78, 5) is 20.1. The molecule has 1 aliphatic carbocycles. The molecule has 4 rings (SSSR count). The Kier molecular flexibility index (Phi) is 4.99. The van der Waals surface area contributed by atoms with Crippen molar-refractivity contribution >= 4 is 23.2 Å². The quantitative estimate of drug-likeness (QED) is 0.649. The number of halogens is 4. The molecule has 6 nitrogen and oxygen atoms in total. The van der Waals surface area contributed by atoms with E-state index in [-0.39, 0.29) is 10.7 Å². The topological polar surface area (TPSA) is 72.7 Å². The van der Waals surface area contributed by atoms with Crippen LogP contribution in [0.25, 0.3) is 11.3 Å². The Morgan fingerprint density at radius 3 is 2.79 bits per heavy atom. The van der Waals surface area contributed by atoms with Crippen LogP contribution in [-0.2, 0) is 12.7 Å². The Hall–Kier alpha value is -2.94. The van der Waals surface area contributed by atoms with Crippen molar-refractivity contribution in [3.63, 3.8) is 0 Å². The molecule has 0 atom stereocenters. The lowest BCUT2D eigenvalue weighted by atomic mass is 10.2. The van der Waals surface area contributed by atoms with Gasteiger partial charge in [-0.3, -0.25) is 9.48 Å². The number of hydrogen-bond acceptors (Lipinski definition) is 4. The zero-order chi connectivity index (χ0) is 20.6. The third kappa shape index (κ3) is 4.56. The van der Waals surface area contributed by atoms with E-state index in [4.69, 9.17) is 11.6 Å². The van der Waals surface area contributed by atoms with E-state index in [1.807, 2.05) is 10.9 Å². The second-order valence-corrected chi connectivity index (χ2v) is 7.24. The molecule has 0 aliphatic heterocycles. The molecule has 150 valence electrons. The molecular weight excluding hydrogens is 407 g/mol. The molecule has 3 aromatic heterocycles. The lowest BCUT2D eigenvalue weighted by Gasteiger charge is -2.13. The number of aromatic nitrogens is 4. The smallest absolute Gasteiger partial charge is 0.319 e. The van der Waals surface area contributed by atoms with Crippen LogP contribution in [-0.4, -0.2) is 25.7 Å². The van der Waals surface area contributed by atoms with Gasteiger partial charge in [0.2, 0.25) is 0 Å². The second-order valence-electron chi connectivity index (χ2n) is 6.80. The maximum atomic E-state index is 13.1. The fourth-order valence-corrected chi connectivity index (χ4v) is 2.99. The summed E-state index contributed by atoms with van der Waals surface area (Å²) < 4.78 is 41.2. The van der Waals surface area contributed by atoms with Crippen molar-refractivity contribution in [1.29, 1.82) is 0 Å². The molecule has 3 heterocycles. The van der Waals surface area contributed by atoms with Gasteiger partial charge in [-0.1, -0.05) is 17.7 Å². The zero-order valence-electron chi connectivity index (χ0n) is 14.9. The molecule has 10 heteroatoms. The first-order valence-corrected chi connectivity index (χ1v) is 9.21. The summed E-state index contributed by atoms with van der Waals surface area (Å²) in [6, 6.07) is 5.73. The van der Waals surface area contributed by atoms with Crippen molar-refractivity contribution in [2.24, 2.45) is 5.92 Å². The number of alkyl halides is 3. The predicted octanol–water partition coefficient (Wildman–Crippen LogP) is 4.67. The fourth-order valence-electron chi connectivity index (χ4n) is 2.83. The number of anilines is 1. The third-order valence-corrected chi connectivity index (χ3v) is 4.63. The highest BCUT2D eigenvalue weighted by atomic mass is 35.5. The molecule has 1 aliphatic rings. The largest absolute Gasteiger partial charge is 0.435 e. The molecular formula is C19H15ClF3N5O. The average molecular weight is 422 g/mol. The molecule has 0 unspecified atom stereocenters. The van der Waals surface area contributed by atoms with Crippen LogP contribution in [0.2, 0.25) is 5.02 Å². The van der Waals surface area contributed by atoms with E-state index >= 15 is 0 Å². The van der Waals surface area contributed by atoms with E-state index in [1.165, 1.54) is 18.9 Å². The highest BCUT2D eigenvalue weighted by molar-refractivity contribution is 6.30. The lowest BCUT2D eigenvalue weighted by Crippen LogP contribution is -2.19. The number of carbonyl (C=O) groups excluding carboxylic acids is 1. The van der Waals surface area contributed by atoms with Crippen molar-refractivity contribution in [2.45, 2.75) is 25.6 Å². The van der Waals surface area contributed by atoms with Crippen molar-refractivity contribution in [3.05, 3.63) is 59.3 Å². The summed E-state index contributed by atoms with van der Waals surface area (Å²) in [6.07, 6.45) is 2.01. The van der Waals surface area contributed by atoms with Gasteiger partial charge in [0.1, 0.15) is 5.69 Å². The van der Waals surface area contributed by atoms with Crippen LogP contribution in [0.4, 0.5) is 18.9 Å². The standard InChI is InChI=1S/C19H15ClF3N5O/c20-13-6-16(17(24-8-13)19(21,22)23)27-18(29)15-3-1-2-14(26-15)12-7-25-28(10-12)9-11-4-5-11/h1-3,6-8,10-11H,4-5,9H2,(H,27,29). The van der Waals surface area contributed by atoms with E-state index < -0.39 is 23.5 Å². The van der Waals surface area contributed by atoms with Gasteiger partial charge in [-0.2, -0.15) is 18.3 Å². The summed E-state index contributed by atoms with van der Waals surface area (Å²) in [7, 11) is 0. The Bertz CT molecular complexity index is 1060. The first-order valence-electron chi connectivity index (χ1n) is 8.83. The Morgan fingerprint density at radius 1 is 1.28 bits per heavy atom. The maximum absolute atomic E-state index is 13.1. The van der Waals surface area contributed by atoms with Crippen molar-refractivity contribution in [2.75, 3.05) is 5.32 Å². The Morgan fingerprint density at radius 2 is 2.07 bits per heavy atom. The molecule has 0 saturated heterocycles. The number of nitrogens with zero attached hydrogens (tertiary/aromatic N) is 4. The van der Waals surface area contributed by atoms with Gasteiger partial charge in [-0.05, 0) is 37.0 Å². The molecule has 1 fully saturated rings. The highest BCUT2D eigenvalue weighted by Gasteiger charge is 2.36. The van der Waals surface area contributed by atoms with Gasteiger partial charge in [-0.15, -0.1) is 0 Å². The monoisotopic (exact) mass is 421 g/mol. The summed E-state index contributed by atoms with van der Waals surface area (Å²) >= 11 is 5.74. The number of nitrogens with one attached hydrogen (secondary N) is 1. The van der Waals surface area contributed by atoms with Crippen molar-refractivity contribution in [1.82, 2.24) is 19.7 Å². The Balaban J connectivity index is 1.56. The number of rotatable bonds is 5. The van der Waals surface area contributed by atoms with Crippen LogP contribution in [0.1, 0.15) is 29.0 Å². The van der Waals surface area contributed by atoms with E-state index in [2.05, 4.69) is 20.4 Å². The summed E-state index contributed by atoms with van der Waals surface area (Å²) in [6.45, 7) is 0.835. The van der Waals surface area contributed by atoms with Crippen molar-refractivity contribution < 1.29 is 18.0 Å². The number of carbonyl (C=O) groups is 1. The van der Waals surface area contributed by atoms with Gasteiger partial charge >= 0.3 is 6.18 Å². The minimum Gasteiger partial charge on any atom is -0.319 e. The van der Waals surface area contributed by atoms with Crippen LogP contribution in [0.5, 0.6) is 0 Å². The molecule has 1 amide bonds. The number of amides is 1. The average Bonchev–Trinajstić information content (AvgIpc) is 3.35. The highest BCUT2D eigenvalue weighted by Crippen LogP contribution is 2.34. The first kappa shape index (κ1) is 19.4. The van der Waals surface area contributed by atoms with Crippen LogP contribution >= 0.6 is 11.6 Å². The first-order chi connectivity index (χ1) is 13.8. The van der Waals surface area contributed by atoms with Gasteiger partial charge in [0.15, 0.2) is 5.69 Å². The third-order valence-electron chi connectivity index (χ3n) is 4.42. The summed E-state index contributed by atoms with van der Waals surface area (Å²) in [5, 5.41) is 6.47. The summed E-state index contributed by atoms with van der Waals surface area (Å²) in [5.74, 6) is -0.145. The van der Waals surface area contributed by atoms with Crippen molar-refractivity contribution in [3.8, 4) is 11.3 Å². The van der Waals surface area contributed by atoms with Gasteiger partial charge in [0.25, 0.3) is 5.91 Å². The lowest BCUT2D eigenvalue weighted by molar-refractivity contribution is -0.140. The van der Waals surface area contributed by atoms with E-state index in [0.717, 1.165) is 24.4 Å². The molecule has 0 radical (unpaired) electrons. The summed E-state index contributed by atoms with van der Waals surface area (Å²) in [5.41, 5.74) is -0.571. The molecule has 3 aromatic rings. The Labute approximate surface area is 168 Å². The molecule has 0 spiro atoms. The fraction of sp³-hybridized carbons (Fsp3) is 0.263. The van der Waals surface area contributed by atoms with Gasteiger partial charge in [-0.25, -0.2) is 9.97 Å². The van der Waals surface area contributed by atoms with Crippen LogP contribution < -0.4 is 5.32 Å². The van der Waals surface area contributed by atoms with Crippen LogP contribution in [0.3, 0.4) is 0 Å². The maximum Gasteiger partial charge on any atom is 0.435 e. The molecule has 0 aromatic carbocycles. The van der Waals surface area contributed by atoms with Gasteiger partial charge in [0, 0.05) is 24.5 Å². The number of hydrogen-bond donors (Lipinski definition) is 1. The molecule has 1 N–H and O–H groups in total. The predicted molar refractivity (Wildman–Crippen MR) is 100 cm³/mol. The van der Waals surface area contributed by atoms with Gasteiger partial charge < -0.3 is 5.32 Å². The minimum absolute atomic E-state index is 0.0295.